The number of nitrogens with zero attached hydrogens (tertiary/aromatic N) is 2. The number of carbonyl (C=O) groups is 2. The maximum Gasteiger partial charge on any atom is 0.410 e. The molecule has 2 aromatic carbocycles. The van der Waals surface area contributed by atoms with Crippen molar-refractivity contribution in [3.8, 4) is 0 Å². The molecule has 2 heterocycles. The fourth-order valence-corrected chi connectivity index (χ4v) is 4.00. The van der Waals surface area contributed by atoms with Crippen LogP contribution in [0.15, 0.2) is 48.5 Å². The standard InChI is InChI=1S/C24H26ClN3O3/c1-24(2,3)31-23(30)27-12-10-16(11-13-27)17-8-9-18-15-26-22(29)28(21(18)14-17)20-7-5-4-6-19(20)25/h4-10,14H,11-13,15H2,1-3H3,(H,26,29). The van der Waals surface area contributed by atoms with E-state index in [4.69, 9.17) is 16.3 Å². The highest BCUT2D eigenvalue weighted by Crippen LogP contribution is 2.38. The minimum atomic E-state index is -0.512. The minimum absolute atomic E-state index is 0.202. The summed E-state index contributed by atoms with van der Waals surface area (Å²) in [7, 11) is 0. The van der Waals surface area contributed by atoms with Crippen molar-refractivity contribution >= 4 is 40.7 Å². The maximum atomic E-state index is 12.7. The van der Waals surface area contributed by atoms with Gasteiger partial charge in [-0.15, -0.1) is 0 Å². The smallest absolute Gasteiger partial charge is 0.410 e. The lowest BCUT2D eigenvalue weighted by Gasteiger charge is -2.32. The zero-order valence-electron chi connectivity index (χ0n) is 17.9. The summed E-state index contributed by atoms with van der Waals surface area (Å²) in [5.74, 6) is 0. The van der Waals surface area contributed by atoms with Gasteiger partial charge < -0.3 is 15.0 Å². The number of fused-ring (bicyclic) bond motifs is 1. The van der Waals surface area contributed by atoms with Crippen molar-refractivity contribution in [2.45, 2.75) is 39.3 Å². The monoisotopic (exact) mass is 439 g/mol. The maximum absolute atomic E-state index is 12.7. The molecular formula is C24H26ClN3O3. The highest BCUT2D eigenvalue weighted by Gasteiger charge is 2.28. The van der Waals surface area contributed by atoms with Gasteiger partial charge in [-0.05, 0) is 62.1 Å². The van der Waals surface area contributed by atoms with Crippen LogP contribution in [0.3, 0.4) is 0 Å². The minimum Gasteiger partial charge on any atom is -0.444 e. The van der Waals surface area contributed by atoms with Crippen molar-refractivity contribution in [1.82, 2.24) is 10.2 Å². The number of urea groups is 1. The van der Waals surface area contributed by atoms with Gasteiger partial charge in [-0.1, -0.05) is 41.9 Å². The molecule has 0 fully saturated rings. The van der Waals surface area contributed by atoms with E-state index in [0.29, 0.717) is 30.3 Å². The van der Waals surface area contributed by atoms with E-state index in [9.17, 15) is 9.59 Å². The predicted molar refractivity (Wildman–Crippen MR) is 123 cm³/mol. The molecule has 0 radical (unpaired) electrons. The molecule has 0 aromatic heterocycles. The van der Waals surface area contributed by atoms with E-state index >= 15 is 0 Å². The van der Waals surface area contributed by atoms with Crippen molar-refractivity contribution < 1.29 is 14.3 Å². The Kier molecular flexibility index (Phi) is 5.67. The number of amides is 3. The molecule has 0 atom stereocenters. The van der Waals surface area contributed by atoms with Crippen LogP contribution >= 0.6 is 11.6 Å². The first-order valence-corrected chi connectivity index (χ1v) is 10.7. The van der Waals surface area contributed by atoms with Crippen LogP contribution in [0, 0.1) is 0 Å². The Bertz CT molecular complexity index is 1060. The van der Waals surface area contributed by atoms with E-state index in [2.05, 4.69) is 17.5 Å². The summed E-state index contributed by atoms with van der Waals surface area (Å²) < 4.78 is 5.47. The first kappa shape index (κ1) is 21.2. The molecular weight excluding hydrogens is 414 g/mol. The molecule has 3 amide bonds. The Labute approximate surface area is 187 Å². The average molecular weight is 440 g/mol. The molecule has 1 N–H and O–H groups in total. The Morgan fingerprint density at radius 3 is 2.58 bits per heavy atom. The lowest BCUT2D eigenvalue weighted by atomic mass is 9.96. The second-order valence-electron chi connectivity index (χ2n) is 8.69. The Balaban J connectivity index is 1.61. The van der Waals surface area contributed by atoms with Crippen molar-refractivity contribution in [3.05, 3.63) is 64.7 Å². The molecule has 0 aliphatic carbocycles. The van der Waals surface area contributed by atoms with E-state index in [-0.39, 0.29) is 12.1 Å². The van der Waals surface area contributed by atoms with Crippen LogP contribution in [0.5, 0.6) is 0 Å². The van der Waals surface area contributed by atoms with Gasteiger partial charge in [0.15, 0.2) is 0 Å². The number of carbonyl (C=O) groups excluding carboxylic acids is 2. The number of anilines is 2. The molecule has 0 unspecified atom stereocenters. The summed E-state index contributed by atoms with van der Waals surface area (Å²) in [5, 5.41) is 3.42. The van der Waals surface area contributed by atoms with Gasteiger partial charge in [-0.3, -0.25) is 4.90 Å². The number of halogens is 1. The summed E-state index contributed by atoms with van der Waals surface area (Å²) in [6, 6.07) is 13.2. The first-order chi connectivity index (χ1) is 14.7. The van der Waals surface area contributed by atoms with E-state index in [0.717, 1.165) is 28.8 Å². The molecule has 31 heavy (non-hydrogen) atoms. The lowest BCUT2D eigenvalue weighted by Crippen LogP contribution is -2.41. The number of ether oxygens (including phenoxy) is 1. The molecule has 0 bridgehead atoms. The summed E-state index contributed by atoms with van der Waals surface area (Å²) in [5.41, 5.74) is 4.16. The van der Waals surface area contributed by atoms with E-state index in [1.807, 2.05) is 51.1 Å². The summed E-state index contributed by atoms with van der Waals surface area (Å²) >= 11 is 6.39. The molecule has 0 saturated heterocycles. The number of para-hydroxylation sites is 1. The van der Waals surface area contributed by atoms with Gasteiger partial charge in [0.2, 0.25) is 0 Å². The quantitative estimate of drug-likeness (QED) is 0.650. The zero-order chi connectivity index (χ0) is 22.2. The summed E-state index contributed by atoms with van der Waals surface area (Å²) in [4.78, 5) is 28.4. The number of benzene rings is 2. The van der Waals surface area contributed by atoms with Gasteiger partial charge in [-0.25, -0.2) is 9.59 Å². The molecule has 2 aliphatic heterocycles. The third kappa shape index (κ3) is 4.54. The van der Waals surface area contributed by atoms with Crippen LogP contribution in [0.2, 0.25) is 5.02 Å². The van der Waals surface area contributed by atoms with E-state index in [1.54, 1.807) is 15.9 Å². The summed E-state index contributed by atoms with van der Waals surface area (Å²) in [6.45, 7) is 7.15. The Morgan fingerprint density at radius 2 is 1.90 bits per heavy atom. The van der Waals surface area contributed by atoms with E-state index < -0.39 is 5.60 Å². The highest BCUT2D eigenvalue weighted by molar-refractivity contribution is 6.34. The van der Waals surface area contributed by atoms with Crippen molar-refractivity contribution in [2.24, 2.45) is 0 Å². The molecule has 162 valence electrons. The molecule has 6 nitrogen and oxygen atoms in total. The van der Waals surface area contributed by atoms with Gasteiger partial charge >= 0.3 is 12.1 Å². The fraction of sp³-hybridized carbons (Fsp3) is 0.333. The molecule has 4 rings (SSSR count). The summed E-state index contributed by atoms with van der Waals surface area (Å²) in [6.07, 6.45) is 2.48. The van der Waals surface area contributed by atoms with Crippen LogP contribution < -0.4 is 10.2 Å². The Hall–Kier alpha value is -2.99. The van der Waals surface area contributed by atoms with Gasteiger partial charge in [-0.2, -0.15) is 0 Å². The van der Waals surface area contributed by atoms with Gasteiger partial charge in [0, 0.05) is 19.6 Å². The van der Waals surface area contributed by atoms with Gasteiger partial charge in [0.05, 0.1) is 16.4 Å². The first-order valence-electron chi connectivity index (χ1n) is 10.4. The largest absolute Gasteiger partial charge is 0.444 e. The highest BCUT2D eigenvalue weighted by atomic mass is 35.5. The molecule has 2 aromatic rings. The number of hydrogen-bond acceptors (Lipinski definition) is 3. The van der Waals surface area contributed by atoms with Crippen LogP contribution in [0.1, 0.15) is 38.3 Å². The number of nitrogens with one attached hydrogen (secondary N) is 1. The molecule has 2 aliphatic rings. The number of rotatable bonds is 2. The SMILES string of the molecule is CC(C)(C)OC(=O)N1CC=C(c2ccc3c(c2)N(c2ccccc2Cl)C(=O)NC3)CC1. The third-order valence-corrected chi connectivity index (χ3v) is 5.60. The van der Waals surface area contributed by atoms with E-state index in [1.165, 1.54) is 0 Å². The van der Waals surface area contributed by atoms with Gasteiger partial charge in [0.25, 0.3) is 0 Å². The lowest BCUT2D eigenvalue weighted by molar-refractivity contribution is 0.0270. The Morgan fingerprint density at radius 1 is 1.13 bits per heavy atom. The third-order valence-electron chi connectivity index (χ3n) is 5.28. The number of hydrogen-bond donors (Lipinski definition) is 1. The second kappa shape index (κ2) is 8.27. The molecule has 0 spiro atoms. The van der Waals surface area contributed by atoms with Crippen molar-refractivity contribution in [1.29, 1.82) is 0 Å². The molecule has 7 heteroatoms. The van der Waals surface area contributed by atoms with Gasteiger partial charge in [0.1, 0.15) is 5.60 Å². The second-order valence-corrected chi connectivity index (χ2v) is 9.10. The van der Waals surface area contributed by atoms with Crippen LogP contribution in [0.25, 0.3) is 5.57 Å². The predicted octanol–water partition coefficient (Wildman–Crippen LogP) is 5.73. The topological polar surface area (TPSA) is 61.9 Å². The van der Waals surface area contributed by atoms with Crippen molar-refractivity contribution in [3.63, 3.8) is 0 Å². The normalized spacial score (nSPS) is 16.4. The van der Waals surface area contributed by atoms with Crippen LogP contribution in [-0.2, 0) is 11.3 Å². The van der Waals surface area contributed by atoms with Crippen LogP contribution in [-0.4, -0.2) is 35.7 Å². The fourth-order valence-electron chi connectivity index (χ4n) is 3.78. The zero-order valence-corrected chi connectivity index (χ0v) is 18.7. The van der Waals surface area contributed by atoms with Crippen molar-refractivity contribution in [2.75, 3.05) is 18.0 Å². The molecule has 0 saturated carbocycles. The average Bonchev–Trinajstić information content (AvgIpc) is 2.73. The van der Waals surface area contributed by atoms with Crippen LogP contribution in [0.4, 0.5) is 21.0 Å².